The Hall–Kier alpha value is -0.0800. The number of nitrogens with two attached hydrogens (primary N) is 1. The predicted octanol–water partition coefficient (Wildman–Crippen LogP) is 1.51. The summed E-state index contributed by atoms with van der Waals surface area (Å²) in [6, 6.07) is 0. The summed E-state index contributed by atoms with van der Waals surface area (Å²) in [4.78, 5) is 0. The maximum atomic E-state index is 5.76. The lowest BCUT2D eigenvalue weighted by Gasteiger charge is -2.41. The van der Waals surface area contributed by atoms with Crippen LogP contribution >= 0.6 is 0 Å². The van der Waals surface area contributed by atoms with Crippen LogP contribution in [0.1, 0.15) is 39.0 Å². The molecule has 2 nitrogen and oxygen atoms in total. The quantitative estimate of drug-likeness (QED) is 0.593. The van der Waals surface area contributed by atoms with E-state index in [1.807, 2.05) is 0 Å². The Morgan fingerprint density at radius 1 is 1.33 bits per heavy atom. The van der Waals surface area contributed by atoms with E-state index in [0.29, 0.717) is 5.41 Å². The third-order valence-electron chi connectivity index (χ3n) is 3.11. The average molecular weight is 170 g/mol. The number of hydrogen-bond donors (Lipinski definition) is 2. The van der Waals surface area contributed by atoms with Crippen LogP contribution in [0.5, 0.6) is 0 Å². The molecule has 0 aromatic heterocycles. The Morgan fingerprint density at radius 2 is 2.08 bits per heavy atom. The Bertz CT molecular complexity index is 113. The van der Waals surface area contributed by atoms with Gasteiger partial charge < -0.3 is 11.1 Å². The van der Waals surface area contributed by atoms with E-state index in [9.17, 15) is 0 Å². The first-order chi connectivity index (χ1) is 5.83. The van der Waals surface area contributed by atoms with Gasteiger partial charge in [0.05, 0.1) is 0 Å². The first-order valence-electron chi connectivity index (χ1n) is 5.24. The smallest absolute Gasteiger partial charge is 0.00201 e. The van der Waals surface area contributed by atoms with Crippen LogP contribution in [0, 0.1) is 5.41 Å². The maximum absolute atomic E-state index is 5.76. The zero-order chi connectivity index (χ0) is 8.86. The third-order valence-corrected chi connectivity index (χ3v) is 3.11. The van der Waals surface area contributed by atoms with Gasteiger partial charge in [0.25, 0.3) is 0 Å². The molecule has 0 atom stereocenters. The highest BCUT2D eigenvalue weighted by Gasteiger charge is 2.34. The van der Waals surface area contributed by atoms with Crippen LogP contribution in [0.4, 0.5) is 0 Å². The molecule has 0 bridgehead atoms. The zero-order valence-electron chi connectivity index (χ0n) is 8.23. The first-order valence-corrected chi connectivity index (χ1v) is 5.24. The molecule has 0 aliphatic heterocycles. The van der Waals surface area contributed by atoms with Gasteiger partial charge in [-0.1, -0.05) is 13.3 Å². The van der Waals surface area contributed by atoms with Gasteiger partial charge in [-0.05, 0) is 50.7 Å². The summed E-state index contributed by atoms with van der Waals surface area (Å²) in [5, 5.41) is 3.44. The van der Waals surface area contributed by atoms with E-state index in [-0.39, 0.29) is 0 Å². The van der Waals surface area contributed by atoms with Crippen LogP contribution < -0.4 is 11.1 Å². The van der Waals surface area contributed by atoms with Crippen molar-refractivity contribution in [2.24, 2.45) is 11.1 Å². The van der Waals surface area contributed by atoms with Crippen molar-refractivity contribution in [1.82, 2.24) is 5.32 Å². The first kappa shape index (κ1) is 10.0. The molecule has 1 rings (SSSR count). The predicted molar refractivity (Wildman–Crippen MR) is 53.1 cm³/mol. The normalized spacial score (nSPS) is 20.5. The molecule has 3 N–H and O–H groups in total. The molecule has 0 saturated heterocycles. The Morgan fingerprint density at radius 3 is 2.50 bits per heavy atom. The molecule has 1 aliphatic rings. The van der Waals surface area contributed by atoms with Crippen LogP contribution in [0.2, 0.25) is 0 Å². The summed E-state index contributed by atoms with van der Waals surface area (Å²) in [5.41, 5.74) is 6.28. The fraction of sp³-hybridized carbons (Fsp3) is 1.00. The highest BCUT2D eigenvalue weighted by atomic mass is 14.8. The number of nitrogens with one attached hydrogen (secondary N) is 1. The Labute approximate surface area is 75.9 Å². The van der Waals surface area contributed by atoms with E-state index in [2.05, 4.69) is 12.2 Å². The highest BCUT2D eigenvalue weighted by Crippen LogP contribution is 2.42. The van der Waals surface area contributed by atoms with Crippen molar-refractivity contribution in [2.75, 3.05) is 19.6 Å². The summed E-state index contributed by atoms with van der Waals surface area (Å²) in [7, 11) is 0. The number of rotatable bonds is 6. The molecule has 0 aromatic rings. The fourth-order valence-electron chi connectivity index (χ4n) is 1.89. The van der Waals surface area contributed by atoms with Crippen molar-refractivity contribution in [3.05, 3.63) is 0 Å². The van der Waals surface area contributed by atoms with Gasteiger partial charge in [0, 0.05) is 0 Å². The molecule has 0 radical (unpaired) electrons. The van der Waals surface area contributed by atoms with Crippen molar-refractivity contribution in [2.45, 2.75) is 39.0 Å². The second kappa shape index (κ2) is 4.83. The van der Waals surface area contributed by atoms with Gasteiger partial charge in [-0.15, -0.1) is 0 Å². The molecule has 1 aliphatic carbocycles. The molecule has 2 heteroatoms. The second-order valence-electron chi connectivity index (χ2n) is 4.06. The van der Waals surface area contributed by atoms with Crippen molar-refractivity contribution >= 4 is 0 Å². The molecular weight excluding hydrogens is 148 g/mol. The monoisotopic (exact) mass is 170 g/mol. The Balaban J connectivity index is 2.04. The summed E-state index contributed by atoms with van der Waals surface area (Å²) in [6.07, 6.45) is 6.62. The highest BCUT2D eigenvalue weighted by molar-refractivity contribution is 4.88. The molecule has 0 amide bonds. The van der Waals surface area contributed by atoms with Gasteiger partial charge in [-0.3, -0.25) is 0 Å². The number of hydrogen-bond acceptors (Lipinski definition) is 2. The molecule has 0 unspecified atom stereocenters. The third kappa shape index (κ3) is 2.46. The summed E-state index contributed by atoms with van der Waals surface area (Å²) in [5.74, 6) is 0. The minimum atomic E-state index is 0.529. The minimum absolute atomic E-state index is 0.529. The molecular formula is C10H22N2. The van der Waals surface area contributed by atoms with Gasteiger partial charge in [0.1, 0.15) is 0 Å². The summed E-state index contributed by atoms with van der Waals surface area (Å²) >= 11 is 0. The van der Waals surface area contributed by atoms with Crippen molar-refractivity contribution in [3.63, 3.8) is 0 Å². The largest absolute Gasteiger partial charge is 0.330 e. The molecule has 12 heavy (non-hydrogen) atoms. The van der Waals surface area contributed by atoms with Gasteiger partial charge in [0.2, 0.25) is 0 Å². The van der Waals surface area contributed by atoms with Crippen molar-refractivity contribution in [1.29, 1.82) is 0 Å². The lowest BCUT2D eigenvalue weighted by molar-refractivity contribution is 0.130. The average Bonchev–Trinajstić information content (AvgIpc) is 2.02. The van der Waals surface area contributed by atoms with Crippen molar-refractivity contribution < 1.29 is 0 Å². The lowest BCUT2D eigenvalue weighted by Crippen LogP contribution is -2.39. The van der Waals surface area contributed by atoms with Crippen LogP contribution in [-0.4, -0.2) is 19.6 Å². The van der Waals surface area contributed by atoms with Gasteiger partial charge in [0.15, 0.2) is 0 Å². The summed E-state index contributed by atoms with van der Waals surface area (Å²) in [6.45, 7) is 5.40. The van der Waals surface area contributed by atoms with E-state index < -0.39 is 0 Å². The van der Waals surface area contributed by atoms with E-state index in [1.54, 1.807) is 0 Å². The molecule has 0 heterocycles. The minimum Gasteiger partial charge on any atom is -0.330 e. The van der Waals surface area contributed by atoms with Crippen LogP contribution in [0.15, 0.2) is 0 Å². The summed E-state index contributed by atoms with van der Waals surface area (Å²) < 4.78 is 0. The van der Waals surface area contributed by atoms with Gasteiger partial charge in [-0.25, -0.2) is 0 Å². The standard InChI is InChI=1S/C10H22N2/c1-2-7-12-8-6-10(9-11)4-3-5-10/h12H,2-9,11H2,1H3. The van der Waals surface area contributed by atoms with E-state index in [0.717, 1.165) is 19.6 Å². The van der Waals surface area contributed by atoms with Crippen molar-refractivity contribution in [3.8, 4) is 0 Å². The topological polar surface area (TPSA) is 38.0 Å². The zero-order valence-corrected chi connectivity index (χ0v) is 8.23. The van der Waals surface area contributed by atoms with E-state index in [1.165, 1.54) is 32.1 Å². The van der Waals surface area contributed by atoms with Crippen LogP contribution in [0.3, 0.4) is 0 Å². The molecule has 72 valence electrons. The Kier molecular flexibility index (Phi) is 4.02. The van der Waals surface area contributed by atoms with E-state index >= 15 is 0 Å². The van der Waals surface area contributed by atoms with Crippen LogP contribution in [0.25, 0.3) is 0 Å². The fourth-order valence-corrected chi connectivity index (χ4v) is 1.89. The molecule has 0 aromatic carbocycles. The maximum Gasteiger partial charge on any atom is -0.00201 e. The van der Waals surface area contributed by atoms with Gasteiger partial charge >= 0.3 is 0 Å². The molecule has 1 saturated carbocycles. The second-order valence-corrected chi connectivity index (χ2v) is 4.06. The molecule has 0 spiro atoms. The van der Waals surface area contributed by atoms with E-state index in [4.69, 9.17) is 5.73 Å². The lowest BCUT2D eigenvalue weighted by atomic mass is 9.67. The SMILES string of the molecule is CCCNCCC1(CN)CCC1. The van der Waals surface area contributed by atoms with Crippen LogP contribution in [-0.2, 0) is 0 Å². The molecule has 1 fully saturated rings. The van der Waals surface area contributed by atoms with Gasteiger partial charge in [-0.2, -0.15) is 0 Å².